The van der Waals surface area contributed by atoms with Crippen LogP contribution in [0.2, 0.25) is 0 Å². The van der Waals surface area contributed by atoms with Gasteiger partial charge in [0.1, 0.15) is 16.6 Å². The molecule has 0 amide bonds. The van der Waals surface area contributed by atoms with Crippen LogP contribution < -0.4 is 5.69 Å². The fourth-order valence-corrected chi connectivity index (χ4v) is 2.50. The molecule has 98 valence electrons. The van der Waals surface area contributed by atoms with Crippen molar-refractivity contribution in [1.29, 1.82) is 0 Å². The van der Waals surface area contributed by atoms with Crippen molar-refractivity contribution in [2.24, 2.45) is 0 Å². The van der Waals surface area contributed by atoms with E-state index in [2.05, 4.69) is 34.1 Å². The van der Waals surface area contributed by atoms with Crippen LogP contribution in [0.25, 0.3) is 5.65 Å². The molecule has 0 bridgehead atoms. The Kier molecular flexibility index (Phi) is 2.86. The Hall–Kier alpha value is -2.09. The topological polar surface area (TPSA) is 78.0 Å². The number of hydrogen-bond donors (Lipinski definition) is 0. The fourth-order valence-electron chi connectivity index (χ4n) is 1.67. The van der Waals surface area contributed by atoms with Crippen molar-refractivity contribution < 1.29 is 0 Å². The molecule has 3 heterocycles. The number of rotatable bonds is 3. The summed E-state index contributed by atoms with van der Waals surface area (Å²) in [6, 6.07) is 0. The van der Waals surface area contributed by atoms with E-state index >= 15 is 0 Å². The molecule has 0 aromatic carbocycles. The molecule has 0 aliphatic carbocycles. The zero-order chi connectivity index (χ0) is 13.4. The minimum Gasteiger partial charge on any atom is -0.259 e. The first kappa shape index (κ1) is 12.0. The van der Waals surface area contributed by atoms with E-state index in [4.69, 9.17) is 0 Å². The number of fused-ring (bicyclic) bond motifs is 1. The molecular formula is C11H12N6OS. The zero-order valence-corrected chi connectivity index (χ0v) is 11.3. The van der Waals surface area contributed by atoms with E-state index in [9.17, 15) is 4.79 Å². The summed E-state index contributed by atoms with van der Waals surface area (Å²) in [5, 5.41) is 14.1. The highest BCUT2D eigenvalue weighted by Gasteiger charge is 2.11. The molecule has 0 spiro atoms. The molecule has 0 fully saturated rings. The largest absolute Gasteiger partial charge is 0.350 e. The monoisotopic (exact) mass is 276 g/mol. The Morgan fingerprint density at radius 3 is 2.89 bits per heavy atom. The minimum atomic E-state index is -0.196. The van der Waals surface area contributed by atoms with Crippen LogP contribution in [-0.4, -0.2) is 29.4 Å². The quantitative estimate of drug-likeness (QED) is 0.710. The predicted octanol–water partition coefficient (Wildman–Crippen LogP) is 0.914. The van der Waals surface area contributed by atoms with E-state index in [1.54, 1.807) is 18.6 Å². The Morgan fingerprint density at radius 2 is 2.21 bits per heavy atom. The van der Waals surface area contributed by atoms with Gasteiger partial charge < -0.3 is 0 Å². The predicted molar refractivity (Wildman–Crippen MR) is 70.3 cm³/mol. The Morgan fingerprint density at radius 1 is 1.37 bits per heavy atom. The SMILES string of the molecule is CC(C)c1nnc(Cn2nc3cnccn3c2=O)s1. The van der Waals surface area contributed by atoms with Crippen LogP contribution in [0, 0.1) is 0 Å². The van der Waals surface area contributed by atoms with Crippen molar-refractivity contribution in [2.75, 3.05) is 0 Å². The smallest absolute Gasteiger partial charge is 0.259 e. The second-order valence-corrected chi connectivity index (χ2v) is 5.53. The van der Waals surface area contributed by atoms with Crippen molar-refractivity contribution in [3.05, 3.63) is 39.1 Å². The van der Waals surface area contributed by atoms with Gasteiger partial charge in [-0.05, 0) is 0 Å². The fraction of sp³-hybridized carbons (Fsp3) is 0.364. The van der Waals surface area contributed by atoms with E-state index in [0.29, 0.717) is 18.1 Å². The molecule has 19 heavy (non-hydrogen) atoms. The normalized spacial score (nSPS) is 11.5. The summed E-state index contributed by atoms with van der Waals surface area (Å²) in [5.74, 6) is 0.341. The number of aromatic nitrogens is 6. The highest BCUT2D eigenvalue weighted by molar-refractivity contribution is 7.11. The van der Waals surface area contributed by atoms with Crippen LogP contribution in [0.4, 0.5) is 0 Å². The van der Waals surface area contributed by atoms with Crippen molar-refractivity contribution in [3.8, 4) is 0 Å². The summed E-state index contributed by atoms with van der Waals surface area (Å²) >= 11 is 1.51. The summed E-state index contributed by atoms with van der Waals surface area (Å²) in [6.07, 6.45) is 4.71. The van der Waals surface area contributed by atoms with Crippen LogP contribution in [0.5, 0.6) is 0 Å². The molecule has 0 atom stereocenters. The van der Waals surface area contributed by atoms with Gasteiger partial charge in [-0.1, -0.05) is 25.2 Å². The van der Waals surface area contributed by atoms with Gasteiger partial charge in [-0.2, -0.15) is 0 Å². The molecule has 0 radical (unpaired) electrons. The first-order valence-electron chi connectivity index (χ1n) is 5.86. The number of nitrogens with zero attached hydrogens (tertiary/aromatic N) is 6. The third-order valence-corrected chi connectivity index (χ3v) is 3.86. The van der Waals surface area contributed by atoms with Gasteiger partial charge in [0.2, 0.25) is 0 Å². The van der Waals surface area contributed by atoms with Gasteiger partial charge in [0.05, 0.1) is 6.20 Å². The maximum absolute atomic E-state index is 12.1. The summed E-state index contributed by atoms with van der Waals surface area (Å²) in [5.41, 5.74) is 0.333. The lowest BCUT2D eigenvalue weighted by Gasteiger charge is -1.94. The molecule has 3 rings (SSSR count). The Balaban J connectivity index is 1.96. The van der Waals surface area contributed by atoms with Gasteiger partial charge >= 0.3 is 5.69 Å². The number of hydrogen-bond acceptors (Lipinski definition) is 6. The van der Waals surface area contributed by atoms with E-state index < -0.39 is 0 Å². The Labute approximate surface area is 112 Å². The minimum absolute atomic E-state index is 0.196. The molecule has 3 aromatic rings. The van der Waals surface area contributed by atoms with E-state index in [0.717, 1.165) is 10.0 Å². The van der Waals surface area contributed by atoms with Gasteiger partial charge in [0.15, 0.2) is 5.65 Å². The molecule has 7 nitrogen and oxygen atoms in total. The highest BCUT2D eigenvalue weighted by atomic mass is 32.1. The van der Waals surface area contributed by atoms with Gasteiger partial charge in [-0.15, -0.1) is 15.3 Å². The molecule has 0 unspecified atom stereocenters. The molecule has 0 aliphatic heterocycles. The zero-order valence-electron chi connectivity index (χ0n) is 10.5. The van der Waals surface area contributed by atoms with Crippen LogP contribution in [0.15, 0.2) is 23.4 Å². The molecule has 0 N–H and O–H groups in total. The molecule has 0 saturated heterocycles. The van der Waals surface area contributed by atoms with E-state index in [-0.39, 0.29) is 5.69 Å². The van der Waals surface area contributed by atoms with Crippen LogP contribution in [0.3, 0.4) is 0 Å². The second kappa shape index (κ2) is 4.54. The maximum Gasteiger partial charge on any atom is 0.350 e. The summed E-state index contributed by atoms with van der Waals surface area (Å²) < 4.78 is 2.83. The molecular weight excluding hydrogens is 264 g/mol. The van der Waals surface area contributed by atoms with Crippen molar-refractivity contribution in [1.82, 2.24) is 29.4 Å². The lowest BCUT2D eigenvalue weighted by atomic mass is 10.2. The van der Waals surface area contributed by atoms with E-state index in [1.165, 1.54) is 20.4 Å². The standard InChI is InChI=1S/C11H12N6OS/c1-7(2)10-14-13-9(19-10)6-17-11(18)16-4-3-12-5-8(16)15-17/h3-5,7H,6H2,1-2H3. The van der Waals surface area contributed by atoms with Crippen molar-refractivity contribution in [3.63, 3.8) is 0 Å². The third kappa shape index (κ3) is 2.14. The first-order valence-corrected chi connectivity index (χ1v) is 6.68. The molecule has 8 heteroatoms. The molecule has 0 saturated carbocycles. The van der Waals surface area contributed by atoms with Gasteiger partial charge in [0, 0.05) is 18.3 Å². The van der Waals surface area contributed by atoms with Crippen LogP contribution in [-0.2, 0) is 6.54 Å². The van der Waals surface area contributed by atoms with Crippen LogP contribution >= 0.6 is 11.3 Å². The summed E-state index contributed by atoms with van der Waals surface area (Å²) in [7, 11) is 0. The summed E-state index contributed by atoms with van der Waals surface area (Å²) in [6.45, 7) is 4.46. The molecule has 0 aliphatic rings. The van der Waals surface area contributed by atoms with Crippen molar-refractivity contribution in [2.45, 2.75) is 26.3 Å². The van der Waals surface area contributed by atoms with Gasteiger partial charge in [-0.25, -0.2) is 13.9 Å². The third-order valence-electron chi connectivity index (χ3n) is 2.65. The lowest BCUT2D eigenvalue weighted by Crippen LogP contribution is -2.21. The Bertz CT molecular complexity index is 771. The second-order valence-electron chi connectivity index (χ2n) is 4.43. The first-order chi connectivity index (χ1) is 9.15. The average Bonchev–Trinajstić information content (AvgIpc) is 2.97. The van der Waals surface area contributed by atoms with Crippen molar-refractivity contribution >= 4 is 17.0 Å². The van der Waals surface area contributed by atoms with E-state index in [1.807, 2.05) is 0 Å². The highest BCUT2D eigenvalue weighted by Crippen LogP contribution is 2.19. The van der Waals surface area contributed by atoms with Gasteiger partial charge in [0.25, 0.3) is 0 Å². The van der Waals surface area contributed by atoms with Crippen LogP contribution in [0.1, 0.15) is 29.8 Å². The molecule has 3 aromatic heterocycles. The van der Waals surface area contributed by atoms with Gasteiger partial charge in [-0.3, -0.25) is 4.98 Å². The lowest BCUT2D eigenvalue weighted by molar-refractivity contribution is 0.650. The maximum atomic E-state index is 12.1. The average molecular weight is 276 g/mol. The summed E-state index contributed by atoms with van der Waals surface area (Å²) in [4.78, 5) is 16.0.